The molecule has 0 saturated heterocycles. The van der Waals surface area contributed by atoms with E-state index >= 15 is 0 Å². The van der Waals surface area contributed by atoms with Crippen molar-refractivity contribution < 1.29 is 9.90 Å². The number of allylic oxidation sites excluding steroid dienone is 2. The Hall–Kier alpha value is -1.03. The Balaban J connectivity index is 0.000000182. The third-order valence-corrected chi connectivity index (χ3v) is 6.66. The molecule has 3 aliphatic carbocycles. The van der Waals surface area contributed by atoms with Crippen molar-refractivity contribution in [3.63, 3.8) is 0 Å². The fourth-order valence-corrected chi connectivity index (χ4v) is 4.97. The van der Waals surface area contributed by atoms with Crippen LogP contribution in [0.3, 0.4) is 0 Å². The number of hydrogen-bond acceptors (Lipinski definition) is 2. The van der Waals surface area contributed by atoms with Gasteiger partial charge in [-0.15, -0.1) is 0 Å². The molecular weight excluding hydrogens is 312 g/mol. The van der Waals surface area contributed by atoms with Crippen LogP contribution in [0.2, 0.25) is 0 Å². The van der Waals surface area contributed by atoms with Gasteiger partial charge in [0.05, 0.1) is 0 Å². The summed E-state index contributed by atoms with van der Waals surface area (Å²) < 4.78 is 0. The smallest absolute Gasteiger partial charge is 0.404 e. The van der Waals surface area contributed by atoms with Gasteiger partial charge in [0.2, 0.25) is 0 Å². The summed E-state index contributed by atoms with van der Waals surface area (Å²) in [5.41, 5.74) is 2.49. The zero-order valence-electron chi connectivity index (χ0n) is 16.3. The standard InChI is InChI=1S/C13H20.C8H18N2O2/c1-13-9-3-2-4-11(13)7-5-10-6-8-12(10)13;1-9-6-4-2-3-5-7-10-8(11)12/h7,10,12H,2-6,8-9H2,1H3;9-10H,2-7H2,1H3,(H,11,12). The molecule has 0 aromatic carbocycles. The first-order chi connectivity index (χ1) is 12.1. The highest BCUT2D eigenvalue weighted by atomic mass is 16.4. The van der Waals surface area contributed by atoms with Crippen LogP contribution < -0.4 is 10.6 Å². The van der Waals surface area contributed by atoms with Crippen LogP contribution >= 0.6 is 0 Å². The Labute approximate surface area is 153 Å². The van der Waals surface area contributed by atoms with E-state index in [1.54, 1.807) is 0 Å². The highest BCUT2D eigenvalue weighted by Crippen LogP contribution is 2.59. The highest BCUT2D eigenvalue weighted by Gasteiger charge is 2.48. The Kier molecular flexibility index (Phi) is 8.28. The van der Waals surface area contributed by atoms with Gasteiger partial charge < -0.3 is 15.7 Å². The van der Waals surface area contributed by atoms with Gasteiger partial charge >= 0.3 is 6.09 Å². The number of nitrogens with one attached hydrogen (secondary N) is 2. The van der Waals surface area contributed by atoms with Gasteiger partial charge in [-0.3, -0.25) is 0 Å². The molecule has 0 aromatic heterocycles. The van der Waals surface area contributed by atoms with Crippen molar-refractivity contribution in [3.8, 4) is 0 Å². The van der Waals surface area contributed by atoms with Crippen LogP contribution in [-0.2, 0) is 0 Å². The van der Waals surface area contributed by atoms with Crippen molar-refractivity contribution in [1.29, 1.82) is 0 Å². The summed E-state index contributed by atoms with van der Waals surface area (Å²) in [5, 5.41) is 13.6. The molecule has 2 saturated carbocycles. The van der Waals surface area contributed by atoms with E-state index in [0.29, 0.717) is 12.0 Å². The molecule has 25 heavy (non-hydrogen) atoms. The molecule has 4 heteroatoms. The fraction of sp³-hybridized carbons (Fsp3) is 0.857. The van der Waals surface area contributed by atoms with Crippen molar-refractivity contribution in [2.45, 2.75) is 77.6 Å². The van der Waals surface area contributed by atoms with E-state index in [1.807, 2.05) is 12.6 Å². The second kappa shape index (κ2) is 10.2. The number of amides is 1. The Morgan fingerprint density at radius 3 is 2.60 bits per heavy atom. The maximum atomic E-state index is 10.0. The lowest BCUT2D eigenvalue weighted by atomic mass is 9.50. The number of carboxylic acid groups (broad SMARTS) is 1. The molecule has 0 spiro atoms. The number of unbranched alkanes of at least 4 members (excludes halogenated alkanes) is 3. The predicted molar refractivity (Wildman–Crippen MR) is 104 cm³/mol. The summed E-state index contributed by atoms with van der Waals surface area (Å²) in [7, 11) is 1.94. The summed E-state index contributed by atoms with van der Waals surface area (Å²) in [5.74, 6) is 2.15. The minimum Gasteiger partial charge on any atom is -0.465 e. The molecule has 0 aromatic rings. The van der Waals surface area contributed by atoms with Crippen LogP contribution in [0, 0.1) is 17.3 Å². The Morgan fingerprint density at radius 1 is 1.20 bits per heavy atom. The molecular formula is C21H38N2O2. The zero-order valence-corrected chi connectivity index (χ0v) is 16.3. The van der Waals surface area contributed by atoms with Crippen LogP contribution in [-0.4, -0.2) is 31.3 Å². The first-order valence-electron chi connectivity index (χ1n) is 10.4. The minimum atomic E-state index is -0.926. The van der Waals surface area contributed by atoms with E-state index in [2.05, 4.69) is 23.6 Å². The highest BCUT2D eigenvalue weighted by molar-refractivity contribution is 5.64. The van der Waals surface area contributed by atoms with Gasteiger partial charge in [-0.05, 0) is 82.2 Å². The van der Waals surface area contributed by atoms with Crippen LogP contribution in [0.5, 0.6) is 0 Å². The third-order valence-electron chi connectivity index (χ3n) is 6.66. The van der Waals surface area contributed by atoms with Gasteiger partial charge in [0, 0.05) is 6.54 Å². The summed E-state index contributed by atoms with van der Waals surface area (Å²) in [6.45, 7) is 4.18. The predicted octanol–water partition coefficient (Wildman–Crippen LogP) is 4.96. The lowest BCUT2D eigenvalue weighted by Crippen LogP contribution is -2.44. The number of fused-ring (bicyclic) bond motifs is 3. The lowest BCUT2D eigenvalue weighted by Gasteiger charge is -2.54. The number of carbonyl (C=O) groups is 1. The first-order valence-corrected chi connectivity index (χ1v) is 10.4. The molecule has 144 valence electrons. The largest absolute Gasteiger partial charge is 0.465 e. The van der Waals surface area contributed by atoms with Crippen molar-refractivity contribution >= 4 is 6.09 Å². The molecule has 3 aliphatic rings. The van der Waals surface area contributed by atoms with Gasteiger partial charge in [0.25, 0.3) is 0 Å². The molecule has 2 fully saturated rings. The average Bonchev–Trinajstić information content (AvgIpc) is 2.54. The van der Waals surface area contributed by atoms with Crippen LogP contribution in [0.1, 0.15) is 77.6 Å². The van der Waals surface area contributed by atoms with Crippen LogP contribution in [0.15, 0.2) is 11.6 Å². The van der Waals surface area contributed by atoms with Crippen LogP contribution in [0.4, 0.5) is 4.79 Å². The summed E-state index contributed by atoms with van der Waals surface area (Å²) >= 11 is 0. The molecule has 0 aliphatic heterocycles. The molecule has 3 unspecified atom stereocenters. The maximum absolute atomic E-state index is 10.0. The monoisotopic (exact) mass is 350 g/mol. The van der Waals surface area contributed by atoms with Crippen molar-refractivity contribution in [1.82, 2.24) is 10.6 Å². The molecule has 1 amide bonds. The third kappa shape index (κ3) is 5.73. The molecule has 3 N–H and O–H groups in total. The van der Waals surface area contributed by atoms with Gasteiger partial charge in [0.15, 0.2) is 0 Å². The summed E-state index contributed by atoms with van der Waals surface area (Å²) in [6, 6.07) is 0. The first kappa shape index (κ1) is 20.3. The van der Waals surface area contributed by atoms with E-state index < -0.39 is 6.09 Å². The van der Waals surface area contributed by atoms with E-state index in [0.717, 1.165) is 31.2 Å². The second-order valence-electron chi connectivity index (χ2n) is 8.28. The minimum absolute atomic E-state index is 0.578. The van der Waals surface area contributed by atoms with Crippen molar-refractivity contribution in [2.24, 2.45) is 17.3 Å². The molecule has 3 atom stereocenters. The lowest BCUT2D eigenvalue weighted by molar-refractivity contribution is 0.0262. The van der Waals surface area contributed by atoms with Crippen molar-refractivity contribution in [2.75, 3.05) is 20.1 Å². The van der Waals surface area contributed by atoms with E-state index in [1.165, 1.54) is 57.8 Å². The Morgan fingerprint density at radius 2 is 1.96 bits per heavy atom. The summed E-state index contributed by atoms with van der Waals surface area (Å²) in [6.07, 6.45) is 16.3. The van der Waals surface area contributed by atoms with Crippen LogP contribution in [0.25, 0.3) is 0 Å². The zero-order chi connectivity index (χ0) is 18.1. The topological polar surface area (TPSA) is 61.4 Å². The average molecular weight is 351 g/mol. The van der Waals surface area contributed by atoms with Gasteiger partial charge in [0.1, 0.15) is 0 Å². The summed E-state index contributed by atoms with van der Waals surface area (Å²) in [4.78, 5) is 10.0. The van der Waals surface area contributed by atoms with E-state index in [-0.39, 0.29) is 0 Å². The van der Waals surface area contributed by atoms with Gasteiger partial charge in [-0.2, -0.15) is 0 Å². The van der Waals surface area contributed by atoms with E-state index in [9.17, 15) is 4.79 Å². The maximum Gasteiger partial charge on any atom is 0.404 e. The molecule has 0 heterocycles. The van der Waals surface area contributed by atoms with E-state index in [4.69, 9.17) is 5.11 Å². The number of rotatable bonds is 7. The quantitative estimate of drug-likeness (QED) is 0.449. The van der Waals surface area contributed by atoms with Crippen molar-refractivity contribution in [3.05, 3.63) is 11.6 Å². The normalized spacial score (nSPS) is 29.9. The Bertz CT molecular complexity index is 449. The second-order valence-corrected chi connectivity index (χ2v) is 8.28. The van der Waals surface area contributed by atoms with Gasteiger partial charge in [-0.1, -0.05) is 37.8 Å². The molecule has 3 rings (SSSR count). The van der Waals surface area contributed by atoms with Gasteiger partial charge in [-0.25, -0.2) is 4.79 Å². The number of hydrogen-bond donors (Lipinski definition) is 3. The SMILES string of the molecule is CC12CCCCC1=CCC1CCC12.CNCCCCCCNC(=O)O. The molecule has 0 radical (unpaired) electrons. The fourth-order valence-electron chi connectivity index (χ4n) is 4.97. The molecule has 4 nitrogen and oxygen atoms in total. The molecule has 0 bridgehead atoms.